The Bertz CT molecular complexity index is 586. The maximum Gasteiger partial charge on any atom is 0.133 e. The van der Waals surface area contributed by atoms with Crippen LogP contribution in [0.1, 0.15) is 11.1 Å². The topological polar surface area (TPSA) is 35.2 Å². The second-order valence-electron chi connectivity index (χ2n) is 5.11. The molecule has 0 aliphatic heterocycles. The smallest absolute Gasteiger partial charge is 0.133 e. The minimum absolute atomic E-state index is 0.206. The molecule has 0 saturated carbocycles. The second kappa shape index (κ2) is 7.57. The molecule has 2 aromatic rings. The molecule has 0 fully saturated rings. The normalized spacial score (nSPS) is 12.2. The molecule has 1 atom stereocenters. The van der Waals surface area contributed by atoms with E-state index in [1.54, 1.807) is 7.11 Å². The van der Waals surface area contributed by atoms with Gasteiger partial charge in [0.25, 0.3) is 0 Å². The van der Waals surface area contributed by atoms with Crippen molar-refractivity contribution in [2.24, 2.45) is 11.7 Å². The van der Waals surface area contributed by atoms with E-state index in [1.165, 1.54) is 17.7 Å². The first kappa shape index (κ1) is 16.0. The van der Waals surface area contributed by atoms with Crippen molar-refractivity contribution < 1.29 is 9.13 Å². The molecule has 1 unspecified atom stereocenters. The number of methoxy groups -OCH3 is 1. The molecule has 4 heteroatoms. The Morgan fingerprint density at radius 2 is 1.71 bits per heavy atom. The van der Waals surface area contributed by atoms with Gasteiger partial charge in [-0.3, -0.25) is 0 Å². The fraction of sp³-hybridized carbons (Fsp3) is 0.294. The number of nitrogens with two attached hydrogens (primary N) is 1. The highest BCUT2D eigenvalue weighted by Gasteiger charge is 2.11. The van der Waals surface area contributed by atoms with Gasteiger partial charge in [0.15, 0.2) is 0 Å². The number of benzene rings is 2. The van der Waals surface area contributed by atoms with Crippen molar-refractivity contribution >= 4 is 15.9 Å². The standard InChI is InChI=1S/C17H19BrFNO/c1-21-17-7-4-13(10-16(17)18)9-14(11-20)8-12-2-5-15(19)6-3-12/h2-7,10,14H,8-9,11,20H2,1H3. The molecule has 0 saturated heterocycles. The van der Waals surface area contributed by atoms with Gasteiger partial charge in [-0.25, -0.2) is 4.39 Å². The molecule has 0 aliphatic rings. The molecule has 0 radical (unpaired) electrons. The summed E-state index contributed by atoms with van der Waals surface area (Å²) in [5.74, 6) is 0.944. The number of hydrogen-bond acceptors (Lipinski definition) is 2. The second-order valence-corrected chi connectivity index (χ2v) is 5.96. The molecular weight excluding hydrogens is 333 g/mol. The predicted octanol–water partition coefficient (Wildman–Crippen LogP) is 3.96. The van der Waals surface area contributed by atoms with Crippen LogP contribution < -0.4 is 10.5 Å². The SMILES string of the molecule is COc1ccc(CC(CN)Cc2ccc(F)cc2)cc1Br. The van der Waals surface area contributed by atoms with E-state index in [1.807, 2.05) is 18.2 Å². The molecule has 0 aliphatic carbocycles. The summed E-state index contributed by atoms with van der Waals surface area (Å²) < 4.78 is 19.1. The molecule has 2 aromatic carbocycles. The lowest BCUT2D eigenvalue weighted by atomic mass is 9.92. The lowest BCUT2D eigenvalue weighted by Gasteiger charge is -2.16. The zero-order chi connectivity index (χ0) is 15.2. The van der Waals surface area contributed by atoms with Crippen molar-refractivity contribution in [2.75, 3.05) is 13.7 Å². The molecular formula is C17H19BrFNO. The zero-order valence-electron chi connectivity index (χ0n) is 12.0. The zero-order valence-corrected chi connectivity index (χ0v) is 13.6. The van der Waals surface area contributed by atoms with Gasteiger partial charge >= 0.3 is 0 Å². The number of rotatable bonds is 6. The maximum absolute atomic E-state index is 12.9. The van der Waals surface area contributed by atoms with Crippen molar-refractivity contribution in [1.29, 1.82) is 0 Å². The molecule has 0 heterocycles. The Hall–Kier alpha value is -1.39. The Morgan fingerprint density at radius 1 is 1.10 bits per heavy atom. The summed E-state index contributed by atoms with van der Waals surface area (Å²) >= 11 is 3.50. The minimum Gasteiger partial charge on any atom is -0.496 e. The van der Waals surface area contributed by atoms with Crippen LogP contribution in [0, 0.1) is 11.7 Å². The molecule has 0 amide bonds. The van der Waals surface area contributed by atoms with E-state index in [4.69, 9.17) is 10.5 Å². The molecule has 112 valence electrons. The molecule has 0 spiro atoms. The lowest BCUT2D eigenvalue weighted by Crippen LogP contribution is -2.19. The van der Waals surface area contributed by atoms with Crippen molar-refractivity contribution in [3.05, 3.63) is 63.9 Å². The van der Waals surface area contributed by atoms with Crippen LogP contribution in [0.2, 0.25) is 0 Å². The van der Waals surface area contributed by atoms with E-state index in [2.05, 4.69) is 28.1 Å². The van der Waals surface area contributed by atoms with E-state index >= 15 is 0 Å². The highest BCUT2D eigenvalue weighted by atomic mass is 79.9. The molecule has 0 aromatic heterocycles. The monoisotopic (exact) mass is 351 g/mol. The van der Waals surface area contributed by atoms with Crippen LogP contribution in [0.5, 0.6) is 5.75 Å². The Labute approximate surface area is 133 Å². The van der Waals surface area contributed by atoms with Gasteiger partial charge in [0.2, 0.25) is 0 Å². The Morgan fingerprint density at radius 3 is 2.29 bits per heavy atom. The lowest BCUT2D eigenvalue weighted by molar-refractivity contribution is 0.411. The third-order valence-corrected chi connectivity index (χ3v) is 4.13. The van der Waals surface area contributed by atoms with Crippen LogP contribution >= 0.6 is 15.9 Å². The third-order valence-electron chi connectivity index (χ3n) is 3.51. The van der Waals surface area contributed by atoms with Crippen molar-refractivity contribution in [3.8, 4) is 5.75 Å². The Kier molecular flexibility index (Phi) is 5.76. The van der Waals surface area contributed by atoms with Gasteiger partial charge in [0.1, 0.15) is 11.6 Å². The van der Waals surface area contributed by atoms with Gasteiger partial charge in [-0.15, -0.1) is 0 Å². The molecule has 2 N–H and O–H groups in total. The minimum atomic E-state index is -0.206. The Balaban J connectivity index is 2.05. The fourth-order valence-electron chi connectivity index (χ4n) is 2.36. The first-order valence-corrected chi connectivity index (χ1v) is 7.68. The molecule has 0 bridgehead atoms. The van der Waals surface area contributed by atoms with Crippen molar-refractivity contribution in [1.82, 2.24) is 0 Å². The largest absolute Gasteiger partial charge is 0.496 e. The summed E-state index contributed by atoms with van der Waals surface area (Å²) in [6.45, 7) is 0.598. The number of halogens is 2. The highest BCUT2D eigenvalue weighted by Crippen LogP contribution is 2.27. The van der Waals surface area contributed by atoms with Gasteiger partial charge in [0.05, 0.1) is 11.6 Å². The summed E-state index contributed by atoms with van der Waals surface area (Å²) in [4.78, 5) is 0. The molecule has 2 nitrogen and oxygen atoms in total. The van der Waals surface area contributed by atoms with Gasteiger partial charge in [-0.05, 0) is 76.6 Å². The van der Waals surface area contributed by atoms with Gasteiger partial charge < -0.3 is 10.5 Å². The van der Waals surface area contributed by atoms with Crippen LogP contribution in [0.3, 0.4) is 0 Å². The van der Waals surface area contributed by atoms with Crippen LogP contribution in [0.25, 0.3) is 0 Å². The van der Waals surface area contributed by atoms with E-state index in [-0.39, 0.29) is 5.82 Å². The predicted molar refractivity (Wildman–Crippen MR) is 87.0 cm³/mol. The van der Waals surface area contributed by atoms with Gasteiger partial charge in [0, 0.05) is 0 Å². The number of hydrogen-bond donors (Lipinski definition) is 1. The van der Waals surface area contributed by atoms with E-state index in [0.29, 0.717) is 12.5 Å². The average Bonchev–Trinajstić information content (AvgIpc) is 2.49. The highest BCUT2D eigenvalue weighted by molar-refractivity contribution is 9.10. The summed E-state index contributed by atoms with van der Waals surface area (Å²) in [7, 11) is 1.65. The van der Waals surface area contributed by atoms with E-state index in [0.717, 1.165) is 28.6 Å². The first-order chi connectivity index (χ1) is 10.1. The molecule has 2 rings (SSSR count). The molecule has 21 heavy (non-hydrogen) atoms. The third kappa shape index (κ3) is 4.55. The fourth-order valence-corrected chi connectivity index (χ4v) is 2.95. The van der Waals surface area contributed by atoms with Crippen LogP contribution in [0.4, 0.5) is 4.39 Å². The van der Waals surface area contributed by atoms with Crippen LogP contribution in [-0.4, -0.2) is 13.7 Å². The summed E-state index contributed by atoms with van der Waals surface area (Å²) in [5, 5.41) is 0. The quantitative estimate of drug-likeness (QED) is 0.854. The average molecular weight is 352 g/mol. The summed E-state index contributed by atoms with van der Waals surface area (Å²) in [6.07, 6.45) is 1.73. The van der Waals surface area contributed by atoms with Crippen molar-refractivity contribution in [3.63, 3.8) is 0 Å². The van der Waals surface area contributed by atoms with Crippen LogP contribution in [0.15, 0.2) is 46.9 Å². The summed E-state index contributed by atoms with van der Waals surface area (Å²) in [6, 6.07) is 12.7. The first-order valence-electron chi connectivity index (χ1n) is 6.89. The van der Waals surface area contributed by atoms with Crippen molar-refractivity contribution in [2.45, 2.75) is 12.8 Å². The maximum atomic E-state index is 12.9. The van der Waals surface area contributed by atoms with Crippen LogP contribution in [-0.2, 0) is 12.8 Å². The van der Waals surface area contributed by atoms with E-state index in [9.17, 15) is 4.39 Å². The number of ether oxygens (including phenoxy) is 1. The van der Waals surface area contributed by atoms with E-state index < -0.39 is 0 Å². The summed E-state index contributed by atoms with van der Waals surface area (Å²) in [5.41, 5.74) is 8.20. The van der Waals surface area contributed by atoms with Gasteiger partial charge in [-0.2, -0.15) is 0 Å². The van der Waals surface area contributed by atoms with Gasteiger partial charge in [-0.1, -0.05) is 18.2 Å².